The molecule has 2 N–H and O–H groups in total. The molecular formula is C13H20N2O3S. The molecule has 5 nitrogen and oxygen atoms in total. The number of aryl methyl sites for hydroxylation is 1. The molecule has 0 spiro atoms. The van der Waals surface area contributed by atoms with E-state index in [0.29, 0.717) is 11.3 Å². The molecule has 1 aromatic rings. The molecule has 0 bridgehead atoms. The van der Waals surface area contributed by atoms with Crippen LogP contribution in [0.2, 0.25) is 0 Å². The van der Waals surface area contributed by atoms with Crippen molar-refractivity contribution in [3.8, 4) is 0 Å². The fourth-order valence-electron chi connectivity index (χ4n) is 1.55. The molecule has 0 saturated carbocycles. The Bertz CT molecular complexity index is 567. The predicted molar refractivity (Wildman–Crippen MR) is 75.6 cm³/mol. The van der Waals surface area contributed by atoms with Gasteiger partial charge in [0.25, 0.3) is 0 Å². The molecule has 0 saturated heterocycles. The summed E-state index contributed by atoms with van der Waals surface area (Å²) in [4.78, 5) is 11.2. The Morgan fingerprint density at radius 1 is 1.37 bits per heavy atom. The average molecular weight is 284 g/mol. The largest absolute Gasteiger partial charge is 0.326 e. The first-order valence-electron chi connectivity index (χ1n) is 6.17. The van der Waals surface area contributed by atoms with Gasteiger partial charge in [-0.05, 0) is 44.0 Å². The summed E-state index contributed by atoms with van der Waals surface area (Å²) in [6.07, 6.45) is 0.724. The Kier molecular flexibility index (Phi) is 5.08. The molecule has 0 unspecified atom stereocenters. The van der Waals surface area contributed by atoms with Gasteiger partial charge in [-0.15, -0.1) is 0 Å². The van der Waals surface area contributed by atoms with Crippen molar-refractivity contribution < 1.29 is 13.2 Å². The van der Waals surface area contributed by atoms with Gasteiger partial charge in [-0.1, -0.05) is 6.92 Å². The molecule has 106 valence electrons. The number of nitrogens with one attached hydrogen (secondary N) is 2. The van der Waals surface area contributed by atoms with Crippen molar-refractivity contribution in [2.24, 2.45) is 0 Å². The second-order valence-corrected chi connectivity index (χ2v) is 6.30. The molecule has 0 heterocycles. The highest BCUT2D eigenvalue weighted by atomic mass is 32.2. The van der Waals surface area contributed by atoms with E-state index < -0.39 is 10.0 Å². The number of rotatable bonds is 5. The molecule has 0 aliphatic heterocycles. The Morgan fingerprint density at radius 3 is 2.47 bits per heavy atom. The van der Waals surface area contributed by atoms with E-state index in [2.05, 4.69) is 10.0 Å². The summed E-state index contributed by atoms with van der Waals surface area (Å²) in [6, 6.07) is 4.53. The van der Waals surface area contributed by atoms with Crippen molar-refractivity contribution in [3.05, 3.63) is 23.8 Å². The van der Waals surface area contributed by atoms with Gasteiger partial charge in [0.1, 0.15) is 0 Å². The summed E-state index contributed by atoms with van der Waals surface area (Å²) in [5, 5.41) is 2.65. The Morgan fingerprint density at radius 2 is 2.00 bits per heavy atom. The zero-order valence-corrected chi connectivity index (χ0v) is 12.5. The first-order valence-corrected chi connectivity index (χ1v) is 7.65. The molecule has 0 aromatic heterocycles. The number of sulfonamides is 1. The average Bonchev–Trinajstić information content (AvgIpc) is 2.30. The summed E-state index contributed by atoms with van der Waals surface area (Å²) < 4.78 is 26.8. The third kappa shape index (κ3) is 4.33. The lowest BCUT2D eigenvalue weighted by atomic mass is 10.2. The van der Waals surface area contributed by atoms with Crippen molar-refractivity contribution in [1.82, 2.24) is 4.72 Å². The normalized spacial score (nSPS) is 13.1. The lowest BCUT2D eigenvalue weighted by Gasteiger charge is -2.13. The molecule has 1 aromatic carbocycles. The molecule has 1 amide bonds. The van der Waals surface area contributed by atoms with E-state index in [1.54, 1.807) is 19.1 Å². The monoisotopic (exact) mass is 284 g/mol. The third-order valence-corrected chi connectivity index (χ3v) is 4.37. The topological polar surface area (TPSA) is 75.3 Å². The molecule has 1 rings (SSSR count). The van der Waals surface area contributed by atoms with Gasteiger partial charge in [-0.25, -0.2) is 13.1 Å². The first-order chi connectivity index (χ1) is 8.76. The zero-order chi connectivity index (χ0) is 14.6. The van der Waals surface area contributed by atoms with Crippen molar-refractivity contribution >= 4 is 21.6 Å². The SMILES string of the molecule is CC[C@H](C)NS(=O)(=O)c1ccc(NC(C)=O)c(C)c1. The Labute approximate surface area is 114 Å². The molecule has 0 fully saturated rings. The smallest absolute Gasteiger partial charge is 0.240 e. The number of benzene rings is 1. The minimum Gasteiger partial charge on any atom is -0.326 e. The maximum absolute atomic E-state index is 12.1. The predicted octanol–water partition coefficient (Wildman–Crippen LogP) is 2.03. The maximum Gasteiger partial charge on any atom is 0.240 e. The number of carbonyl (C=O) groups is 1. The van der Waals surface area contributed by atoms with E-state index in [4.69, 9.17) is 0 Å². The van der Waals surface area contributed by atoms with Crippen LogP contribution < -0.4 is 10.0 Å². The summed E-state index contributed by atoms with van der Waals surface area (Å²) in [6.45, 7) is 6.90. The fraction of sp³-hybridized carbons (Fsp3) is 0.462. The number of carbonyl (C=O) groups excluding carboxylic acids is 1. The van der Waals surface area contributed by atoms with Gasteiger partial charge in [0.05, 0.1) is 4.90 Å². The van der Waals surface area contributed by atoms with Crippen LogP contribution in [0.3, 0.4) is 0 Å². The van der Waals surface area contributed by atoms with Gasteiger partial charge in [-0.2, -0.15) is 0 Å². The molecule has 1 atom stereocenters. The standard InChI is InChI=1S/C13H20N2O3S/c1-5-10(3)15-19(17,18)12-6-7-13(9(2)8-12)14-11(4)16/h6-8,10,15H,5H2,1-4H3,(H,14,16)/t10-/m0/s1. The summed E-state index contributed by atoms with van der Waals surface area (Å²) in [5.41, 5.74) is 1.33. The zero-order valence-electron chi connectivity index (χ0n) is 11.6. The van der Waals surface area contributed by atoms with Crippen LogP contribution in [0.25, 0.3) is 0 Å². The van der Waals surface area contributed by atoms with E-state index in [-0.39, 0.29) is 16.8 Å². The third-order valence-electron chi connectivity index (χ3n) is 2.79. The van der Waals surface area contributed by atoms with Crippen molar-refractivity contribution in [3.63, 3.8) is 0 Å². The molecule has 0 radical (unpaired) electrons. The van der Waals surface area contributed by atoms with E-state index in [1.807, 2.05) is 13.8 Å². The Hall–Kier alpha value is -1.40. The molecule has 0 aliphatic rings. The van der Waals surface area contributed by atoms with Crippen molar-refractivity contribution in [2.45, 2.75) is 45.1 Å². The van der Waals surface area contributed by atoms with Gasteiger partial charge in [-0.3, -0.25) is 4.79 Å². The molecular weight excluding hydrogens is 264 g/mol. The van der Waals surface area contributed by atoms with Crippen LogP contribution in [0.4, 0.5) is 5.69 Å². The maximum atomic E-state index is 12.1. The van der Waals surface area contributed by atoms with E-state index in [0.717, 1.165) is 6.42 Å². The second-order valence-electron chi connectivity index (χ2n) is 4.59. The molecule has 0 aliphatic carbocycles. The second kappa shape index (κ2) is 6.16. The van der Waals surface area contributed by atoms with E-state index in [1.165, 1.54) is 13.0 Å². The van der Waals surface area contributed by atoms with Crippen LogP contribution >= 0.6 is 0 Å². The summed E-state index contributed by atoms with van der Waals surface area (Å²) in [7, 11) is -3.50. The van der Waals surface area contributed by atoms with Crippen molar-refractivity contribution in [2.75, 3.05) is 5.32 Å². The van der Waals surface area contributed by atoms with Crippen LogP contribution in [-0.2, 0) is 14.8 Å². The van der Waals surface area contributed by atoms with Crippen LogP contribution in [0.5, 0.6) is 0 Å². The number of anilines is 1. The number of hydrogen-bond acceptors (Lipinski definition) is 3. The van der Waals surface area contributed by atoms with E-state index >= 15 is 0 Å². The van der Waals surface area contributed by atoms with Crippen molar-refractivity contribution in [1.29, 1.82) is 0 Å². The summed E-state index contributed by atoms with van der Waals surface area (Å²) >= 11 is 0. The van der Waals surface area contributed by atoms with Gasteiger partial charge >= 0.3 is 0 Å². The lowest BCUT2D eigenvalue weighted by molar-refractivity contribution is -0.114. The molecule has 6 heteroatoms. The van der Waals surface area contributed by atoms with Gasteiger partial charge in [0, 0.05) is 18.7 Å². The first kappa shape index (κ1) is 15.7. The van der Waals surface area contributed by atoms with Gasteiger partial charge in [0.15, 0.2) is 0 Å². The molecule has 19 heavy (non-hydrogen) atoms. The van der Waals surface area contributed by atoms with Gasteiger partial charge < -0.3 is 5.32 Å². The summed E-state index contributed by atoms with van der Waals surface area (Å²) in [5.74, 6) is -0.184. The highest BCUT2D eigenvalue weighted by molar-refractivity contribution is 7.89. The van der Waals surface area contributed by atoms with Crippen LogP contribution in [-0.4, -0.2) is 20.4 Å². The number of amides is 1. The highest BCUT2D eigenvalue weighted by Crippen LogP contribution is 2.20. The lowest BCUT2D eigenvalue weighted by Crippen LogP contribution is -2.32. The highest BCUT2D eigenvalue weighted by Gasteiger charge is 2.17. The van der Waals surface area contributed by atoms with Crippen LogP contribution in [0.1, 0.15) is 32.8 Å². The number of hydrogen-bond donors (Lipinski definition) is 2. The minimum absolute atomic E-state index is 0.111. The van der Waals surface area contributed by atoms with Crippen LogP contribution in [0.15, 0.2) is 23.1 Å². The van der Waals surface area contributed by atoms with Gasteiger partial charge in [0.2, 0.25) is 15.9 Å². The quantitative estimate of drug-likeness (QED) is 0.868. The Balaban J connectivity index is 3.03. The fourth-order valence-corrected chi connectivity index (χ4v) is 2.96. The minimum atomic E-state index is -3.50. The van der Waals surface area contributed by atoms with Crippen LogP contribution in [0, 0.1) is 6.92 Å². The van der Waals surface area contributed by atoms with E-state index in [9.17, 15) is 13.2 Å².